The number of carbonyl (C=O) groups excluding carboxylic acids is 2. The topological polar surface area (TPSA) is 115 Å². The second-order valence-corrected chi connectivity index (χ2v) is 8.76. The Balaban J connectivity index is 1.44. The van der Waals surface area contributed by atoms with Gasteiger partial charge in [0.2, 0.25) is 29.3 Å². The number of carbonyl (C=O) groups is 2. The molecule has 3 heterocycles. The first-order valence-electron chi connectivity index (χ1n) is 11.4. The van der Waals surface area contributed by atoms with Crippen LogP contribution in [0.25, 0.3) is 5.95 Å². The van der Waals surface area contributed by atoms with Crippen molar-refractivity contribution in [2.24, 2.45) is 0 Å². The predicted molar refractivity (Wildman–Crippen MR) is 129 cm³/mol. The van der Waals surface area contributed by atoms with Gasteiger partial charge in [-0.3, -0.25) is 24.0 Å². The molecule has 1 fully saturated rings. The van der Waals surface area contributed by atoms with Crippen molar-refractivity contribution in [2.75, 3.05) is 31.1 Å². The number of imidazole rings is 1. The standard InChI is InChI=1S/C23H24ClF2N7O4/c1-15(34)31-8-9-33(21-12-20(24)29-23(30-21)32-7-6-27-14-32)17(13-31)11-22(35)28-5-4-16-2-3-18(36-25)19(10-16)37-26/h2-3,6-7,10,12,14,17H,4-5,8-9,11,13H2,1H3,(H,28,35). The summed E-state index contributed by atoms with van der Waals surface area (Å²) in [5.74, 6) is -0.259. The number of amides is 2. The van der Waals surface area contributed by atoms with E-state index in [0.717, 1.165) is 0 Å². The second-order valence-electron chi connectivity index (χ2n) is 8.37. The molecule has 3 aromatic rings. The SMILES string of the molecule is CC(=O)N1CCN(c2cc(Cl)nc(-n3ccnc3)n2)C(CC(=O)NCCc2ccc(OF)c(OF)c2)C1. The maximum atomic E-state index is 12.8. The monoisotopic (exact) mass is 535 g/mol. The van der Waals surface area contributed by atoms with E-state index in [1.54, 1.807) is 34.3 Å². The average Bonchev–Trinajstić information content (AvgIpc) is 3.43. The fourth-order valence-corrected chi connectivity index (χ4v) is 4.29. The van der Waals surface area contributed by atoms with Crippen LogP contribution in [0, 0.1) is 0 Å². The highest BCUT2D eigenvalue weighted by Crippen LogP contribution is 2.29. The Bertz CT molecular complexity index is 1250. The van der Waals surface area contributed by atoms with Crippen molar-refractivity contribution < 1.29 is 28.5 Å². The summed E-state index contributed by atoms with van der Waals surface area (Å²) >= 11 is 6.27. The summed E-state index contributed by atoms with van der Waals surface area (Å²) in [5, 5.41) is 3.05. The van der Waals surface area contributed by atoms with E-state index in [2.05, 4.69) is 30.2 Å². The van der Waals surface area contributed by atoms with Crippen LogP contribution in [0.15, 0.2) is 43.0 Å². The Morgan fingerprint density at radius 3 is 2.68 bits per heavy atom. The second kappa shape index (κ2) is 11.8. The molecule has 196 valence electrons. The highest BCUT2D eigenvalue weighted by Gasteiger charge is 2.31. The van der Waals surface area contributed by atoms with Gasteiger partial charge in [0.05, 0.1) is 6.04 Å². The summed E-state index contributed by atoms with van der Waals surface area (Å²) in [4.78, 5) is 48.5. The number of anilines is 1. The predicted octanol–water partition coefficient (Wildman–Crippen LogP) is 2.63. The minimum atomic E-state index is -0.396. The average molecular weight is 536 g/mol. The van der Waals surface area contributed by atoms with Crippen LogP contribution in [0.2, 0.25) is 5.15 Å². The van der Waals surface area contributed by atoms with Gasteiger partial charge in [-0.2, -0.15) is 4.98 Å². The first kappa shape index (κ1) is 26.1. The molecule has 1 saturated heterocycles. The summed E-state index contributed by atoms with van der Waals surface area (Å²) in [5.41, 5.74) is 0.610. The van der Waals surface area contributed by atoms with E-state index in [1.807, 2.05) is 4.90 Å². The Kier molecular flexibility index (Phi) is 8.33. The number of piperazine rings is 1. The van der Waals surface area contributed by atoms with Crippen LogP contribution in [0.5, 0.6) is 11.5 Å². The van der Waals surface area contributed by atoms with Crippen molar-refractivity contribution in [2.45, 2.75) is 25.8 Å². The third-order valence-corrected chi connectivity index (χ3v) is 6.15. The Hall–Kier alpha value is -4.00. The van der Waals surface area contributed by atoms with E-state index in [0.29, 0.717) is 43.4 Å². The summed E-state index contributed by atoms with van der Waals surface area (Å²) in [7, 11) is 0. The molecule has 1 atom stereocenters. The van der Waals surface area contributed by atoms with Crippen LogP contribution < -0.4 is 20.1 Å². The van der Waals surface area contributed by atoms with Gasteiger partial charge in [-0.05, 0) is 24.1 Å². The van der Waals surface area contributed by atoms with Gasteiger partial charge in [-0.1, -0.05) is 17.7 Å². The molecule has 37 heavy (non-hydrogen) atoms. The van der Waals surface area contributed by atoms with E-state index in [4.69, 9.17) is 11.6 Å². The molecule has 2 aromatic heterocycles. The van der Waals surface area contributed by atoms with Gasteiger partial charge >= 0.3 is 0 Å². The molecule has 0 saturated carbocycles. The number of nitrogens with one attached hydrogen (secondary N) is 1. The zero-order chi connectivity index (χ0) is 26.4. The number of aromatic nitrogens is 4. The van der Waals surface area contributed by atoms with E-state index in [-0.39, 0.29) is 41.7 Å². The summed E-state index contributed by atoms with van der Waals surface area (Å²) in [6.45, 7) is 2.97. The lowest BCUT2D eigenvalue weighted by Gasteiger charge is -2.41. The largest absolute Gasteiger partial charge is 0.356 e. The van der Waals surface area contributed by atoms with E-state index >= 15 is 0 Å². The van der Waals surface area contributed by atoms with Crippen LogP contribution in [-0.4, -0.2) is 68.5 Å². The number of rotatable bonds is 9. The molecule has 0 spiro atoms. The van der Waals surface area contributed by atoms with E-state index < -0.39 is 5.75 Å². The molecular weight excluding hydrogens is 512 g/mol. The van der Waals surface area contributed by atoms with Gasteiger partial charge in [0.1, 0.15) is 17.3 Å². The molecule has 2 amide bonds. The smallest absolute Gasteiger partial charge is 0.238 e. The fraction of sp³-hybridized carbons (Fsp3) is 0.348. The zero-order valence-electron chi connectivity index (χ0n) is 19.8. The fourth-order valence-electron chi connectivity index (χ4n) is 4.12. The number of halogens is 3. The van der Waals surface area contributed by atoms with Crippen molar-refractivity contribution in [3.8, 4) is 17.4 Å². The van der Waals surface area contributed by atoms with E-state index in [9.17, 15) is 18.6 Å². The minimum absolute atomic E-state index is 0.0826. The Morgan fingerprint density at radius 1 is 1.16 bits per heavy atom. The third-order valence-electron chi connectivity index (χ3n) is 5.96. The molecule has 1 aromatic carbocycles. The lowest BCUT2D eigenvalue weighted by atomic mass is 10.1. The van der Waals surface area contributed by atoms with Crippen LogP contribution in [0.4, 0.5) is 14.9 Å². The zero-order valence-corrected chi connectivity index (χ0v) is 20.6. The highest BCUT2D eigenvalue weighted by molar-refractivity contribution is 6.29. The number of hydrogen-bond donors (Lipinski definition) is 1. The molecule has 1 aliphatic rings. The first-order valence-corrected chi connectivity index (χ1v) is 11.8. The third kappa shape index (κ3) is 6.42. The molecule has 4 rings (SSSR count). The van der Waals surface area contributed by atoms with Gasteiger partial charge in [0, 0.05) is 67.0 Å². The van der Waals surface area contributed by atoms with Gasteiger partial charge in [0.15, 0.2) is 0 Å². The van der Waals surface area contributed by atoms with Gasteiger partial charge in [-0.15, -0.1) is 0 Å². The van der Waals surface area contributed by atoms with E-state index in [1.165, 1.54) is 25.1 Å². The molecule has 0 radical (unpaired) electrons. The normalized spacial score (nSPS) is 15.4. The first-order chi connectivity index (χ1) is 17.9. The quantitative estimate of drug-likeness (QED) is 0.416. The molecule has 1 aliphatic heterocycles. The lowest BCUT2D eigenvalue weighted by Crippen LogP contribution is -2.56. The minimum Gasteiger partial charge on any atom is -0.356 e. The summed E-state index contributed by atoms with van der Waals surface area (Å²) in [6.07, 6.45) is 5.26. The highest BCUT2D eigenvalue weighted by atomic mass is 35.5. The van der Waals surface area contributed by atoms with Gasteiger partial charge in [-0.25, -0.2) is 9.97 Å². The molecule has 0 bridgehead atoms. The summed E-state index contributed by atoms with van der Waals surface area (Å²) < 4.78 is 26.6. The Labute approximate surface area is 215 Å². The summed E-state index contributed by atoms with van der Waals surface area (Å²) in [6, 6.07) is 5.30. The number of hydrogen-bond acceptors (Lipinski definition) is 8. The van der Waals surface area contributed by atoms with Crippen molar-refractivity contribution in [1.29, 1.82) is 0 Å². The molecule has 1 N–H and O–H groups in total. The van der Waals surface area contributed by atoms with Crippen molar-refractivity contribution in [3.05, 3.63) is 53.7 Å². The van der Waals surface area contributed by atoms with Crippen molar-refractivity contribution >= 4 is 29.2 Å². The Morgan fingerprint density at radius 2 is 1.97 bits per heavy atom. The van der Waals surface area contributed by atoms with Crippen LogP contribution in [0.1, 0.15) is 18.9 Å². The van der Waals surface area contributed by atoms with Gasteiger partial charge < -0.3 is 15.1 Å². The maximum Gasteiger partial charge on any atom is 0.238 e. The molecular formula is C23H24ClF2N7O4. The maximum absolute atomic E-state index is 12.8. The van der Waals surface area contributed by atoms with Crippen LogP contribution in [-0.2, 0) is 16.0 Å². The van der Waals surface area contributed by atoms with Crippen molar-refractivity contribution in [1.82, 2.24) is 29.7 Å². The molecule has 14 heteroatoms. The lowest BCUT2D eigenvalue weighted by molar-refractivity contribution is -0.130. The molecule has 1 unspecified atom stereocenters. The molecule has 11 nitrogen and oxygen atoms in total. The van der Waals surface area contributed by atoms with Gasteiger partial charge in [0.25, 0.3) is 0 Å². The van der Waals surface area contributed by atoms with Crippen molar-refractivity contribution in [3.63, 3.8) is 0 Å². The number of benzene rings is 1. The van der Waals surface area contributed by atoms with Crippen LogP contribution in [0.3, 0.4) is 0 Å². The number of nitrogens with zero attached hydrogens (tertiary/aromatic N) is 6. The van der Waals surface area contributed by atoms with Crippen LogP contribution >= 0.6 is 11.6 Å². The molecule has 0 aliphatic carbocycles.